The average Bonchev–Trinajstić information content (AvgIpc) is 2.83. The van der Waals surface area contributed by atoms with Gasteiger partial charge in [0.2, 0.25) is 0 Å². The van der Waals surface area contributed by atoms with Gasteiger partial charge >= 0.3 is 0 Å². The van der Waals surface area contributed by atoms with Crippen molar-refractivity contribution in [1.29, 1.82) is 0 Å². The van der Waals surface area contributed by atoms with Gasteiger partial charge in [-0.25, -0.2) is 0 Å². The molecule has 1 atom stereocenters. The van der Waals surface area contributed by atoms with Crippen LogP contribution in [0.15, 0.2) is 18.2 Å². The maximum absolute atomic E-state index is 5.74. The fourth-order valence-corrected chi connectivity index (χ4v) is 2.59. The molecule has 0 fully saturated rings. The lowest BCUT2D eigenvalue weighted by Gasteiger charge is -2.16. The van der Waals surface area contributed by atoms with Crippen LogP contribution in [0.1, 0.15) is 37.3 Å². The number of ether oxygens (including phenoxy) is 1. The maximum atomic E-state index is 5.74. The number of nitrogens with one attached hydrogen (secondary N) is 1. The molecule has 2 nitrogen and oxygen atoms in total. The van der Waals surface area contributed by atoms with Crippen molar-refractivity contribution < 1.29 is 4.74 Å². The first-order valence-corrected chi connectivity index (χ1v) is 6.76. The van der Waals surface area contributed by atoms with Crippen LogP contribution >= 0.6 is 0 Å². The summed E-state index contributed by atoms with van der Waals surface area (Å²) in [5.74, 6) is 1.17. The van der Waals surface area contributed by atoms with Crippen molar-refractivity contribution in [1.82, 2.24) is 5.32 Å². The van der Waals surface area contributed by atoms with Crippen LogP contribution in [-0.4, -0.2) is 19.7 Å². The van der Waals surface area contributed by atoms with E-state index in [2.05, 4.69) is 37.5 Å². The third-order valence-corrected chi connectivity index (χ3v) is 3.60. The van der Waals surface area contributed by atoms with Crippen molar-refractivity contribution in [2.24, 2.45) is 0 Å². The highest BCUT2D eigenvalue weighted by Gasteiger charge is 2.16. The van der Waals surface area contributed by atoms with Crippen LogP contribution in [0.4, 0.5) is 0 Å². The molecule has 1 aromatic carbocycles. The van der Waals surface area contributed by atoms with Crippen molar-refractivity contribution in [2.75, 3.05) is 13.7 Å². The molecule has 0 bridgehead atoms. The molecule has 1 aliphatic heterocycles. The molecule has 0 spiro atoms. The fourth-order valence-electron chi connectivity index (χ4n) is 2.59. The Morgan fingerprint density at radius 3 is 3.00 bits per heavy atom. The molecule has 0 saturated carbocycles. The normalized spacial score (nSPS) is 15.4. The molecule has 94 valence electrons. The SMILES string of the molecule is CCCC(CCc1cccc2c1OCC2)NC. The van der Waals surface area contributed by atoms with E-state index in [0.29, 0.717) is 6.04 Å². The molecule has 2 heteroatoms. The van der Waals surface area contributed by atoms with Gasteiger partial charge in [-0.1, -0.05) is 31.5 Å². The minimum Gasteiger partial charge on any atom is -0.493 e. The molecule has 1 aromatic rings. The lowest BCUT2D eigenvalue weighted by Crippen LogP contribution is -2.25. The molecule has 2 rings (SSSR count). The van der Waals surface area contributed by atoms with Crippen LogP contribution in [0.3, 0.4) is 0 Å². The molecule has 0 amide bonds. The second-order valence-electron chi connectivity index (χ2n) is 4.82. The first-order valence-electron chi connectivity index (χ1n) is 6.76. The quantitative estimate of drug-likeness (QED) is 0.815. The number of aryl methyl sites for hydroxylation is 1. The Morgan fingerprint density at radius 1 is 1.35 bits per heavy atom. The monoisotopic (exact) mass is 233 g/mol. The zero-order valence-corrected chi connectivity index (χ0v) is 11.0. The van der Waals surface area contributed by atoms with E-state index in [1.807, 2.05) is 0 Å². The Hall–Kier alpha value is -1.02. The third kappa shape index (κ3) is 3.01. The molecule has 1 aliphatic rings. The van der Waals surface area contributed by atoms with Gasteiger partial charge in [0.15, 0.2) is 0 Å². The Kier molecular flexibility index (Phi) is 4.43. The van der Waals surface area contributed by atoms with E-state index in [9.17, 15) is 0 Å². The molecule has 1 heterocycles. The molecule has 0 aliphatic carbocycles. The van der Waals surface area contributed by atoms with E-state index >= 15 is 0 Å². The number of fused-ring (bicyclic) bond motifs is 1. The van der Waals surface area contributed by atoms with Gasteiger partial charge in [-0.15, -0.1) is 0 Å². The van der Waals surface area contributed by atoms with E-state index in [0.717, 1.165) is 19.4 Å². The van der Waals surface area contributed by atoms with Crippen molar-refractivity contribution >= 4 is 0 Å². The van der Waals surface area contributed by atoms with E-state index in [1.165, 1.54) is 36.1 Å². The van der Waals surface area contributed by atoms with Gasteiger partial charge in [0.05, 0.1) is 6.61 Å². The lowest BCUT2D eigenvalue weighted by molar-refractivity contribution is 0.352. The molecule has 1 N–H and O–H groups in total. The zero-order valence-electron chi connectivity index (χ0n) is 11.0. The predicted octanol–water partition coefficient (Wildman–Crippen LogP) is 2.94. The Morgan fingerprint density at radius 2 is 2.24 bits per heavy atom. The number of para-hydroxylation sites is 1. The second kappa shape index (κ2) is 6.06. The van der Waals surface area contributed by atoms with Gasteiger partial charge in [-0.3, -0.25) is 0 Å². The summed E-state index contributed by atoms with van der Waals surface area (Å²) < 4.78 is 5.74. The summed E-state index contributed by atoms with van der Waals surface area (Å²) in [6, 6.07) is 7.20. The summed E-state index contributed by atoms with van der Waals surface area (Å²) in [6.07, 6.45) is 5.90. The Labute approximate surface area is 104 Å². The van der Waals surface area contributed by atoms with Gasteiger partial charge in [-0.05, 0) is 37.4 Å². The number of rotatable bonds is 6. The van der Waals surface area contributed by atoms with Gasteiger partial charge in [-0.2, -0.15) is 0 Å². The van der Waals surface area contributed by atoms with E-state index < -0.39 is 0 Å². The highest BCUT2D eigenvalue weighted by Crippen LogP contribution is 2.30. The topological polar surface area (TPSA) is 21.3 Å². The first kappa shape index (κ1) is 12.4. The van der Waals surface area contributed by atoms with Crippen molar-refractivity contribution in [3.05, 3.63) is 29.3 Å². The molecular formula is C15H23NO. The van der Waals surface area contributed by atoms with Crippen LogP contribution in [0, 0.1) is 0 Å². The summed E-state index contributed by atoms with van der Waals surface area (Å²) >= 11 is 0. The van der Waals surface area contributed by atoms with Crippen LogP contribution in [0.5, 0.6) is 5.75 Å². The standard InChI is InChI=1S/C15H23NO/c1-3-5-14(16-2)9-8-12-6-4-7-13-10-11-17-15(12)13/h4,6-7,14,16H,3,5,8-11H2,1-2H3. The van der Waals surface area contributed by atoms with Crippen LogP contribution in [0.2, 0.25) is 0 Å². The molecule has 17 heavy (non-hydrogen) atoms. The van der Waals surface area contributed by atoms with Gasteiger partial charge < -0.3 is 10.1 Å². The van der Waals surface area contributed by atoms with Crippen LogP contribution in [0.25, 0.3) is 0 Å². The van der Waals surface area contributed by atoms with Gasteiger partial charge in [0.1, 0.15) is 5.75 Å². The molecule has 1 unspecified atom stereocenters. The maximum Gasteiger partial charge on any atom is 0.125 e. The molecule has 0 aromatic heterocycles. The van der Waals surface area contributed by atoms with E-state index in [-0.39, 0.29) is 0 Å². The largest absolute Gasteiger partial charge is 0.493 e. The van der Waals surface area contributed by atoms with E-state index in [1.54, 1.807) is 0 Å². The van der Waals surface area contributed by atoms with Crippen LogP contribution in [-0.2, 0) is 12.8 Å². The molecule has 0 saturated heterocycles. The van der Waals surface area contributed by atoms with Gasteiger partial charge in [0, 0.05) is 12.5 Å². The summed E-state index contributed by atoms with van der Waals surface area (Å²) in [6.45, 7) is 3.10. The van der Waals surface area contributed by atoms with Gasteiger partial charge in [0.25, 0.3) is 0 Å². The van der Waals surface area contributed by atoms with Crippen molar-refractivity contribution in [3.63, 3.8) is 0 Å². The highest BCUT2D eigenvalue weighted by atomic mass is 16.5. The average molecular weight is 233 g/mol. The van der Waals surface area contributed by atoms with Crippen molar-refractivity contribution in [3.8, 4) is 5.75 Å². The Bertz CT molecular complexity index is 362. The number of hydrogen-bond donors (Lipinski definition) is 1. The smallest absolute Gasteiger partial charge is 0.125 e. The van der Waals surface area contributed by atoms with E-state index in [4.69, 9.17) is 4.74 Å². The van der Waals surface area contributed by atoms with Crippen molar-refractivity contribution in [2.45, 2.75) is 45.1 Å². The molecule has 0 radical (unpaired) electrons. The number of hydrogen-bond acceptors (Lipinski definition) is 2. The minimum atomic E-state index is 0.636. The predicted molar refractivity (Wildman–Crippen MR) is 71.7 cm³/mol. The summed E-state index contributed by atoms with van der Waals surface area (Å²) in [4.78, 5) is 0. The van der Waals surface area contributed by atoms with Crippen LogP contribution < -0.4 is 10.1 Å². The second-order valence-corrected chi connectivity index (χ2v) is 4.82. The summed E-state index contributed by atoms with van der Waals surface area (Å²) in [5, 5.41) is 3.40. The third-order valence-electron chi connectivity index (χ3n) is 3.60. The number of benzene rings is 1. The molecular weight excluding hydrogens is 210 g/mol. The lowest BCUT2D eigenvalue weighted by atomic mass is 9.99. The fraction of sp³-hybridized carbons (Fsp3) is 0.600. The zero-order chi connectivity index (χ0) is 12.1. The summed E-state index contributed by atoms with van der Waals surface area (Å²) in [5.41, 5.74) is 2.77. The Balaban J connectivity index is 1.97. The summed E-state index contributed by atoms with van der Waals surface area (Å²) in [7, 11) is 2.06. The highest BCUT2D eigenvalue weighted by molar-refractivity contribution is 5.44. The first-order chi connectivity index (χ1) is 8.35. The minimum absolute atomic E-state index is 0.636.